The summed E-state index contributed by atoms with van der Waals surface area (Å²) in [5.41, 5.74) is 3.42. The second-order valence-corrected chi connectivity index (χ2v) is 7.65. The molecule has 0 saturated heterocycles. The van der Waals surface area contributed by atoms with Crippen LogP contribution in [-0.2, 0) is 6.42 Å². The number of halogens is 1. The van der Waals surface area contributed by atoms with E-state index >= 15 is 0 Å². The molecule has 0 aliphatic carbocycles. The summed E-state index contributed by atoms with van der Waals surface area (Å²) in [7, 11) is 0. The number of carbonyl (C=O) groups is 1. The molecule has 5 nitrogen and oxygen atoms in total. The Morgan fingerprint density at radius 1 is 0.967 bits per heavy atom. The lowest BCUT2D eigenvalue weighted by Crippen LogP contribution is -2.07. The first kappa shape index (κ1) is 19.9. The first-order valence-electron chi connectivity index (χ1n) is 9.50. The number of carboxylic acids is 1. The lowest BCUT2D eigenvalue weighted by Gasteiger charge is -2.07. The molecule has 0 bridgehead atoms. The van der Waals surface area contributed by atoms with Crippen LogP contribution in [0.5, 0.6) is 11.5 Å². The zero-order valence-electron chi connectivity index (χ0n) is 16.2. The van der Waals surface area contributed by atoms with Crippen LogP contribution < -0.4 is 4.74 Å². The Kier molecular flexibility index (Phi) is 5.68. The van der Waals surface area contributed by atoms with Crippen molar-refractivity contribution in [2.75, 3.05) is 0 Å². The van der Waals surface area contributed by atoms with Crippen LogP contribution >= 0.6 is 15.9 Å². The van der Waals surface area contributed by atoms with E-state index < -0.39 is 5.97 Å². The number of hydrogen-bond acceptors (Lipinski definition) is 3. The highest BCUT2D eigenvalue weighted by atomic mass is 79.9. The van der Waals surface area contributed by atoms with Gasteiger partial charge in [0.15, 0.2) is 5.69 Å². The number of ether oxygens (including phenoxy) is 1. The Morgan fingerprint density at radius 2 is 1.57 bits per heavy atom. The molecule has 1 heterocycles. The van der Waals surface area contributed by atoms with Gasteiger partial charge in [-0.3, -0.25) is 0 Å². The Balaban J connectivity index is 1.60. The molecule has 3 aromatic carbocycles. The standard InChI is InChI=1S/C24H19BrN2O3/c1-2-16-3-11-20(12-4-16)30-21-13-5-17(6-14-21)22-15-23(24(28)29)27(26-22)19-9-7-18(25)8-10-19/h3-15H,2H2,1H3,(H,28,29). The number of nitrogens with zero attached hydrogens (tertiary/aromatic N) is 2. The quantitative estimate of drug-likeness (QED) is 0.362. The van der Waals surface area contributed by atoms with Crippen molar-refractivity contribution < 1.29 is 14.6 Å². The summed E-state index contributed by atoms with van der Waals surface area (Å²) in [5.74, 6) is 0.438. The van der Waals surface area contributed by atoms with Crippen LogP contribution in [0.15, 0.2) is 83.3 Å². The third kappa shape index (κ3) is 4.28. The van der Waals surface area contributed by atoms with E-state index in [1.807, 2.05) is 72.8 Å². The SMILES string of the molecule is CCc1ccc(Oc2ccc(-c3cc(C(=O)O)n(-c4ccc(Br)cc4)n3)cc2)cc1. The maximum absolute atomic E-state index is 11.7. The molecule has 0 aliphatic heterocycles. The molecule has 4 aromatic rings. The molecule has 0 amide bonds. The second-order valence-electron chi connectivity index (χ2n) is 6.73. The van der Waals surface area contributed by atoms with Crippen LogP contribution in [0.3, 0.4) is 0 Å². The molecule has 0 saturated carbocycles. The predicted molar refractivity (Wildman–Crippen MR) is 120 cm³/mol. The highest BCUT2D eigenvalue weighted by Gasteiger charge is 2.17. The number of benzene rings is 3. The summed E-state index contributed by atoms with van der Waals surface area (Å²) in [6, 6.07) is 24.3. The van der Waals surface area contributed by atoms with E-state index in [1.165, 1.54) is 10.2 Å². The summed E-state index contributed by atoms with van der Waals surface area (Å²) in [5, 5.41) is 14.1. The fourth-order valence-electron chi connectivity index (χ4n) is 3.08. The van der Waals surface area contributed by atoms with Gasteiger partial charge in [-0.2, -0.15) is 5.10 Å². The minimum absolute atomic E-state index is 0.101. The largest absolute Gasteiger partial charge is 0.477 e. The number of aromatic nitrogens is 2. The van der Waals surface area contributed by atoms with Gasteiger partial charge in [0.1, 0.15) is 11.5 Å². The summed E-state index contributed by atoms with van der Waals surface area (Å²) < 4.78 is 8.24. The van der Waals surface area contributed by atoms with Crippen molar-refractivity contribution in [2.45, 2.75) is 13.3 Å². The Morgan fingerprint density at radius 3 is 2.13 bits per heavy atom. The van der Waals surface area contributed by atoms with Gasteiger partial charge in [-0.15, -0.1) is 0 Å². The van der Waals surface area contributed by atoms with Gasteiger partial charge in [0.25, 0.3) is 0 Å². The minimum atomic E-state index is -1.04. The molecule has 30 heavy (non-hydrogen) atoms. The molecule has 0 fully saturated rings. The topological polar surface area (TPSA) is 64.3 Å². The summed E-state index contributed by atoms with van der Waals surface area (Å²) >= 11 is 3.39. The van der Waals surface area contributed by atoms with E-state index in [-0.39, 0.29) is 5.69 Å². The highest BCUT2D eigenvalue weighted by molar-refractivity contribution is 9.10. The summed E-state index contributed by atoms with van der Waals surface area (Å²) in [4.78, 5) is 11.7. The van der Waals surface area contributed by atoms with E-state index in [1.54, 1.807) is 6.07 Å². The zero-order valence-corrected chi connectivity index (χ0v) is 17.8. The number of aromatic carboxylic acids is 1. The van der Waals surface area contributed by atoms with E-state index in [4.69, 9.17) is 4.74 Å². The van der Waals surface area contributed by atoms with Gasteiger partial charge in [-0.25, -0.2) is 9.48 Å². The highest BCUT2D eigenvalue weighted by Crippen LogP contribution is 2.27. The average Bonchev–Trinajstić information content (AvgIpc) is 3.21. The predicted octanol–water partition coefficient (Wildman–Crippen LogP) is 6.35. The van der Waals surface area contributed by atoms with Crippen molar-refractivity contribution >= 4 is 21.9 Å². The van der Waals surface area contributed by atoms with Crippen molar-refractivity contribution in [1.29, 1.82) is 0 Å². The number of carboxylic acid groups (broad SMARTS) is 1. The zero-order chi connectivity index (χ0) is 21.1. The van der Waals surface area contributed by atoms with Crippen molar-refractivity contribution in [1.82, 2.24) is 9.78 Å². The first-order chi connectivity index (χ1) is 14.5. The maximum atomic E-state index is 11.7. The lowest BCUT2D eigenvalue weighted by atomic mass is 10.1. The lowest BCUT2D eigenvalue weighted by molar-refractivity contribution is 0.0687. The van der Waals surface area contributed by atoms with Crippen LogP contribution in [-0.4, -0.2) is 20.9 Å². The molecule has 0 unspecified atom stereocenters. The maximum Gasteiger partial charge on any atom is 0.354 e. The second kappa shape index (κ2) is 8.55. The first-order valence-corrected chi connectivity index (χ1v) is 10.3. The Bertz CT molecular complexity index is 1160. The normalized spacial score (nSPS) is 10.7. The van der Waals surface area contributed by atoms with Gasteiger partial charge >= 0.3 is 5.97 Å². The van der Waals surface area contributed by atoms with Crippen molar-refractivity contribution in [3.63, 3.8) is 0 Å². The van der Waals surface area contributed by atoms with Crippen LogP contribution in [0.4, 0.5) is 0 Å². The van der Waals surface area contributed by atoms with Gasteiger partial charge in [-0.05, 0) is 78.7 Å². The molecule has 0 spiro atoms. The monoisotopic (exact) mass is 462 g/mol. The molecule has 150 valence electrons. The average molecular weight is 463 g/mol. The van der Waals surface area contributed by atoms with Gasteiger partial charge in [0.05, 0.1) is 11.4 Å². The molecule has 4 rings (SSSR count). The Hall–Kier alpha value is -3.38. The number of rotatable bonds is 6. The van der Waals surface area contributed by atoms with Crippen LogP contribution in [0.1, 0.15) is 23.0 Å². The van der Waals surface area contributed by atoms with Gasteiger partial charge in [0, 0.05) is 10.0 Å². The molecule has 0 radical (unpaired) electrons. The fourth-order valence-corrected chi connectivity index (χ4v) is 3.34. The minimum Gasteiger partial charge on any atom is -0.477 e. The van der Waals surface area contributed by atoms with Crippen molar-refractivity contribution in [3.05, 3.63) is 94.6 Å². The Labute approximate surface area is 182 Å². The van der Waals surface area contributed by atoms with Gasteiger partial charge in [0.2, 0.25) is 0 Å². The van der Waals surface area contributed by atoms with E-state index in [0.29, 0.717) is 17.1 Å². The molecule has 6 heteroatoms. The molecule has 1 N–H and O–H groups in total. The van der Waals surface area contributed by atoms with Crippen LogP contribution in [0, 0.1) is 0 Å². The van der Waals surface area contributed by atoms with Gasteiger partial charge < -0.3 is 9.84 Å². The van der Waals surface area contributed by atoms with Crippen LogP contribution in [0.2, 0.25) is 0 Å². The molecule has 0 aliphatic rings. The van der Waals surface area contributed by atoms with E-state index in [9.17, 15) is 9.90 Å². The summed E-state index contributed by atoms with van der Waals surface area (Å²) in [6.07, 6.45) is 0.986. The van der Waals surface area contributed by atoms with Crippen LogP contribution in [0.25, 0.3) is 16.9 Å². The fraction of sp³-hybridized carbons (Fsp3) is 0.0833. The summed E-state index contributed by atoms with van der Waals surface area (Å²) in [6.45, 7) is 2.11. The molecule has 1 aromatic heterocycles. The molecule has 0 atom stereocenters. The number of aryl methyl sites for hydroxylation is 1. The van der Waals surface area contributed by atoms with Crippen molar-refractivity contribution in [2.24, 2.45) is 0 Å². The van der Waals surface area contributed by atoms with E-state index in [0.717, 1.165) is 22.2 Å². The third-order valence-electron chi connectivity index (χ3n) is 4.72. The molecular formula is C24H19BrN2O3. The van der Waals surface area contributed by atoms with Crippen molar-refractivity contribution in [3.8, 4) is 28.4 Å². The van der Waals surface area contributed by atoms with E-state index in [2.05, 4.69) is 28.0 Å². The molecular weight excluding hydrogens is 444 g/mol. The van der Waals surface area contributed by atoms with Gasteiger partial charge in [-0.1, -0.05) is 35.0 Å². The smallest absolute Gasteiger partial charge is 0.354 e. The third-order valence-corrected chi connectivity index (χ3v) is 5.25. The number of hydrogen-bond donors (Lipinski definition) is 1.